The van der Waals surface area contributed by atoms with Crippen molar-refractivity contribution in [3.63, 3.8) is 0 Å². The summed E-state index contributed by atoms with van der Waals surface area (Å²) in [6, 6.07) is 9.65. The Morgan fingerprint density at radius 2 is 1.97 bits per heavy atom. The predicted octanol–water partition coefficient (Wildman–Crippen LogP) is 6.30. The van der Waals surface area contributed by atoms with Gasteiger partial charge in [0.05, 0.1) is 16.9 Å². The van der Waals surface area contributed by atoms with E-state index in [9.17, 15) is 13.6 Å². The second kappa shape index (κ2) is 11.6. The maximum Gasteiger partial charge on any atom is 0.172 e. The Bertz CT molecular complexity index is 1470. The number of nitrogens with zero attached hydrogens (tertiary/aromatic N) is 5. The Morgan fingerprint density at radius 3 is 2.66 bits per heavy atom. The minimum atomic E-state index is -0.734. The molecular formula is C22H17F2IN7OPS. The Hall–Kier alpha value is -3.09. The first-order chi connectivity index (χ1) is 17.1. The number of carbonyl (C=O) groups excluding carboxylic acids is 1. The molecule has 178 valence electrons. The number of thiophene rings is 1. The van der Waals surface area contributed by atoms with E-state index in [-0.39, 0.29) is 17.2 Å². The fourth-order valence-corrected chi connectivity index (χ4v) is 5.06. The van der Waals surface area contributed by atoms with Gasteiger partial charge in [-0.25, -0.2) is 28.7 Å². The van der Waals surface area contributed by atoms with Crippen LogP contribution in [-0.4, -0.2) is 37.6 Å². The van der Waals surface area contributed by atoms with Gasteiger partial charge in [0.1, 0.15) is 41.2 Å². The van der Waals surface area contributed by atoms with Gasteiger partial charge in [0, 0.05) is 18.8 Å². The summed E-state index contributed by atoms with van der Waals surface area (Å²) in [6.45, 7) is 0. The third-order valence-corrected chi connectivity index (χ3v) is 7.62. The van der Waals surface area contributed by atoms with E-state index in [4.69, 9.17) is 0 Å². The number of halogens is 3. The zero-order chi connectivity index (χ0) is 24.8. The van der Waals surface area contributed by atoms with Gasteiger partial charge in [0.15, 0.2) is 17.8 Å². The molecule has 0 aliphatic heterocycles. The monoisotopic (exact) mass is 623 g/mol. The molecule has 0 fully saturated rings. The van der Waals surface area contributed by atoms with Gasteiger partial charge in [-0.1, -0.05) is 6.07 Å². The first-order valence-electron chi connectivity index (χ1n) is 9.99. The van der Waals surface area contributed by atoms with Gasteiger partial charge in [-0.05, 0) is 57.8 Å². The van der Waals surface area contributed by atoms with Gasteiger partial charge in [-0.15, -0.1) is 11.3 Å². The number of carbonyl (C=O) groups is 1. The van der Waals surface area contributed by atoms with Gasteiger partial charge in [0.2, 0.25) is 0 Å². The number of benzene rings is 1. The summed E-state index contributed by atoms with van der Waals surface area (Å²) in [7, 11) is 1.56. The second-order valence-electron chi connectivity index (χ2n) is 6.79. The van der Waals surface area contributed by atoms with Crippen molar-refractivity contribution < 1.29 is 13.6 Å². The van der Waals surface area contributed by atoms with Gasteiger partial charge in [0.25, 0.3) is 0 Å². The van der Waals surface area contributed by atoms with Crippen molar-refractivity contribution in [2.24, 2.45) is 0 Å². The quantitative estimate of drug-likeness (QED) is 0.130. The lowest BCUT2D eigenvalue weighted by atomic mass is 10.1. The molecule has 5 aromatic rings. The van der Waals surface area contributed by atoms with E-state index < -0.39 is 11.6 Å². The van der Waals surface area contributed by atoms with Crippen LogP contribution >= 0.6 is 39.8 Å². The number of hydrogen-bond donors (Lipinski definition) is 2. The largest absolute Gasteiger partial charge is 0.386 e. The molecule has 0 amide bonds. The molecule has 13 heteroatoms. The Balaban J connectivity index is 0.000000356. The Kier molecular flexibility index (Phi) is 8.26. The van der Waals surface area contributed by atoms with Crippen LogP contribution in [0.15, 0.2) is 60.6 Å². The first-order valence-corrected chi connectivity index (χ1v) is 14.9. The molecule has 4 aromatic heterocycles. The van der Waals surface area contributed by atoms with Crippen molar-refractivity contribution in [3.05, 3.63) is 77.1 Å². The van der Waals surface area contributed by atoms with Crippen LogP contribution in [0.3, 0.4) is 0 Å². The Labute approximate surface area is 217 Å². The van der Waals surface area contributed by atoms with Crippen LogP contribution in [-0.2, 0) is 0 Å². The SMILES string of the molecule is CNc1ccc(F)c(Nc2ncccc2-c2ncnc3c2ncn3PI)c1F.O=Cc1cccs1. The summed E-state index contributed by atoms with van der Waals surface area (Å²) in [5.74, 6) is -1.20. The normalized spacial score (nSPS) is 10.9. The van der Waals surface area contributed by atoms with E-state index in [1.165, 1.54) is 36.0 Å². The maximum atomic E-state index is 14.6. The Morgan fingerprint density at radius 1 is 1.11 bits per heavy atom. The van der Waals surface area contributed by atoms with Crippen LogP contribution in [0, 0.1) is 11.6 Å². The van der Waals surface area contributed by atoms with E-state index in [0.29, 0.717) is 28.8 Å². The average molecular weight is 623 g/mol. The first kappa shape index (κ1) is 25.0. The number of anilines is 3. The maximum absolute atomic E-state index is 14.6. The van der Waals surface area contributed by atoms with Crippen molar-refractivity contribution >= 4 is 74.4 Å². The standard InChI is InChI=1S/C17H13F2IN7P.C5H4OS/c1-21-11-5-4-10(18)14(12(11)19)26-16-9(3-2-6-22-16)13-15-17(24-7-23-13)27(28-20)8-25-15;6-4-5-2-1-3-7-5/h2-8,21,28H,1H3,(H,22,26);1-4H. The van der Waals surface area contributed by atoms with Crippen LogP contribution < -0.4 is 10.6 Å². The number of imidazole rings is 1. The van der Waals surface area contributed by atoms with Crippen LogP contribution in [0.5, 0.6) is 0 Å². The van der Waals surface area contributed by atoms with Crippen LogP contribution in [0.2, 0.25) is 0 Å². The molecule has 4 heterocycles. The molecule has 1 atom stereocenters. The lowest BCUT2D eigenvalue weighted by Crippen LogP contribution is -2.04. The summed E-state index contributed by atoms with van der Waals surface area (Å²) in [5.41, 5.74) is 2.24. The van der Waals surface area contributed by atoms with E-state index in [1.54, 1.807) is 31.6 Å². The highest BCUT2D eigenvalue weighted by molar-refractivity contribution is 14.2. The molecule has 0 aliphatic carbocycles. The van der Waals surface area contributed by atoms with Gasteiger partial charge in [-0.2, -0.15) is 0 Å². The number of aldehydes is 1. The van der Waals surface area contributed by atoms with Crippen LogP contribution in [0.1, 0.15) is 9.67 Å². The number of aromatic nitrogens is 5. The molecule has 8 nitrogen and oxygen atoms in total. The predicted molar refractivity (Wildman–Crippen MR) is 145 cm³/mol. The highest BCUT2D eigenvalue weighted by atomic mass is 127. The van der Waals surface area contributed by atoms with Crippen molar-refractivity contribution in [2.75, 3.05) is 17.7 Å². The van der Waals surface area contributed by atoms with E-state index in [2.05, 4.69) is 52.6 Å². The summed E-state index contributed by atoms with van der Waals surface area (Å²) < 4.78 is 30.8. The lowest BCUT2D eigenvalue weighted by Gasteiger charge is -2.14. The molecule has 2 N–H and O–H groups in total. The minimum Gasteiger partial charge on any atom is -0.386 e. The number of hydrogen-bond acceptors (Lipinski definition) is 8. The fraction of sp³-hybridized carbons (Fsp3) is 0.0455. The third-order valence-electron chi connectivity index (χ3n) is 4.75. The summed E-state index contributed by atoms with van der Waals surface area (Å²) >= 11 is 3.69. The molecule has 0 aliphatic rings. The molecule has 0 saturated carbocycles. The number of fused-ring (bicyclic) bond motifs is 1. The third kappa shape index (κ3) is 5.44. The van der Waals surface area contributed by atoms with Crippen molar-refractivity contribution in [3.8, 4) is 11.3 Å². The molecule has 5 rings (SSSR count). The number of nitrogens with one attached hydrogen (secondary N) is 2. The molecule has 0 radical (unpaired) electrons. The molecule has 0 saturated heterocycles. The molecule has 35 heavy (non-hydrogen) atoms. The minimum absolute atomic E-state index is 0.174. The zero-order valence-electron chi connectivity index (χ0n) is 18.0. The second-order valence-corrected chi connectivity index (χ2v) is 9.86. The summed E-state index contributed by atoms with van der Waals surface area (Å²) in [5, 5.41) is 7.34. The molecular weight excluding hydrogens is 606 g/mol. The van der Waals surface area contributed by atoms with Gasteiger partial charge >= 0.3 is 0 Å². The smallest absolute Gasteiger partial charge is 0.172 e. The van der Waals surface area contributed by atoms with Crippen molar-refractivity contribution in [1.82, 2.24) is 24.3 Å². The molecule has 1 unspecified atom stereocenters. The van der Waals surface area contributed by atoms with Crippen molar-refractivity contribution in [2.45, 2.75) is 0 Å². The average Bonchev–Trinajstić information content (AvgIpc) is 3.57. The highest BCUT2D eigenvalue weighted by Crippen LogP contribution is 2.35. The van der Waals surface area contributed by atoms with E-state index in [1.807, 2.05) is 15.8 Å². The lowest BCUT2D eigenvalue weighted by molar-refractivity contribution is 0.112. The molecule has 0 bridgehead atoms. The topological polar surface area (TPSA) is 97.6 Å². The zero-order valence-corrected chi connectivity index (χ0v) is 22.0. The van der Waals surface area contributed by atoms with Crippen LogP contribution in [0.4, 0.5) is 26.0 Å². The highest BCUT2D eigenvalue weighted by Gasteiger charge is 2.19. The fourth-order valence-electron chi connectivity index (χ4n) is 3.13. The summed E-state index contributed by atoms with van der Waals surface area (Å²) in [6.07, 6.45) is 5.94. The van der Waals surface area contributed by atoms with Crippen LogP contribution in [0.25, 0.3) is 22.4 Å². The van der Waals surface area contributed by atoms with E-state index >= 15 is 0 Å². The van der Waals surface area contributed by atoms with Gasteiger partial charge < -0.3 is 10.6 Å². The molecule has 0 spiro atoms. The number of pyridine rings is 1. The summed E-state index contributed by atoms with van der Waals surface area (Å²) in [4.78, 5) is 28.0. The van der Waals surface area contributed by atoms with Gasteiger partial charge in [-0.3, -0.25) is 9.13 Å². The number of rotatable bonds is 6. The van der Waals surface area contributed by atoms with Crippen molar-refractivity contribution in [1.29, 1.82) is 0 Å². The molecule has 1 aromatic carbocycles. The van der Waals surface area contributed by atoms with E-state index in [0.717, 1.165) is 11.2 Å².